The highest BCUT2D eigenvalue weighted by atomic mass is 19.1. The van der Waals surface area contributed by atoms with E-state index in [0.717, 1.165) is 43.2 Å². The van der Waals surface area contributed by atoms with Crippen LogP contribution in [0.2, 0.25) is 0 Å². The zero-order valence-corrected chi connectivity index (χ0v) is 11.0. The standard InChI is InChI=1S/C15H22FNO/c1-12-4-5-15(16)9-14(12)11-18-8-6-13-3-2-7-17-10-13/h4-5,9,13,17H,2-3,6-8,10-11H2,1H3. The van der Waals surface area contributed by atoms with Gasteiger partial charge in [0.1, 0.15) is 5.82 Å². The van der Waals surface area contributed by atoms with E-state index in [-0.39, 0.29) is 5.82 Å². The van der Waals surface area contributed by atoms with Gasteiger partial charge in [0.05, 0.1) is 6.61 Å². The fourth-order valence-corrected chi connectivity index (χ4v) is 2.40. The van der Waals surface area contributed by atoms with Gasteiger partial charge in [-0.3, -0.25) is 0 Å². The fourth-order valence-electron chi connectivity index (χ4n) is 2.40. The lowest BCUT2D eigenvalue weighted by atomic mass is 9.97. The van der Waals surface area contributed by atoms with E-state index < -0.39 is 0 Å². The van der Waals surface area contributed by atoms with Crippen LogP contribution in [0, 0.1) is 18.7 Å². The molecule has 1 aromatic carbocycles. The highest BCUT2D eigenvalue weighted by Crippen LogP contribution is 2.15. The molecule has 0 amide bonds. The van der Waals surface area contributed by atoms with Crippen molar-refractivity contribution in [1.82, 2.24) is 5.32 Å². The summed E-state index contributed by atoms with van der Waals surface area (Å²) < 4.78 is 18.7. The number of nitrogens with one attached hydrogen (secondary N) is 1. The van der Waals surface area contributed by atoms with E-state index in [9.17, 15) is 4.39 Å². The van der Waals surface area contributed by atoms with Gasteiger partial charge in [0.15, 0.2) is 0 Å². The molecule has 0 spiro atoms. The highest BCUT2D eigenvalue weighted by Gasteiger charge is 2.12. The molecular weight excluding hydrogens is 229 g/mol. The van der Waals surface area contributed by atoms with E-state index in [1.54, 1.807) is 12.1 Å². The summed E-state index contributed by atoms with van der Waals surface area (Å²) in [6.45, 7) is 5.54. The quantitative estimate of drug-likeness (QED) is 0.812. The Hall–Kier alpha value is -0.930. The Morgan fingerprint density at radius 2 is 2.33 bits per heavy atom. The topological polar surface area (TPSA) is 21.3 Å². The molecule has 0 saturated carbocycles. The summed E-state index contributed by atoms with van der Waals surface area (Å²) in [5.41, 5.74) is 2.05. The molecule has 1 fully saturated rings. The molecule has 100 valence electrons. The van der Waals surface area contributed by atoms with Gasteiger partial charge in [-0.1, -0.05) is 6.07 Å². The number of aryl methyl sites for hydroxylation is 1. The maximum atomic E-state index is 13.1. The van der Waals surface area contributed by atoms with Crippen LogP contribution < -0.4 is 5.32 Å². The van der Waals surface area contributed by atoms with Gasteiger partial charge < -0.3 is 10.1 Å². The molecule has 1 aromatic rings. The van der Waals surface area contributed by atoms with Gasteiger partial charge in [0.2, 0.25) is 0 Å². The number of piperidine rings is 1. The van der Waals surface area contributed by atoms with Crippen LogP contribution in [-0.4, -0.2) is 19.7 Å². The summed E-state index contributed by atoms with van der Waals surface area (Å²) in [5.74, 6) is 0.558. The molecule has 3 heteroatoms. The number of halogens is 1. The van der Waals surface area contributed by atoms with Gasteiger partial charge in [-0.25, -0.2) is 4.39 Å². The lowest BCUT2D eigenvalue weighted by Gasteiger charge is -2.22. The summed E-state index contributed by atoms with van der Waals surface area (Å²) >= 11 is 0. The first-order valence-electron chi connectivity index (χ1n) is 6.79. The Balaban J connectivity index is 1.69. The van der Waals surface area contributed by atoms with Gasteiger partial charge in [0.25, 0.3) is 0 Å². The Labute approximate surface area is 109 Å². The summed E-state index contributed by atoms with van der Waals surface area (Å²) in [4.78, 5) is 0. The summed E-state index contributed by atoms with van der Waals surface area (Å²) in [7, 11) is 0. The molecule has 1 saturated heterocycles. The Morgan fingerprint density at radius 1 is 1.44 bits per heavy atom. The lowest BCUT2D eigenvalue weighted by molar-refractivity contribution is 0.103. The Bertz CT molecular complexity index is 375. The minimum Gasteiger partial charge on any atom is -0.377 e. The van der Waals surface area contributed by atoms with Crippen molar-refractivity contribution in [1.29, 1.82) is 0 Å². The molecule has 2 rings (SSSR count). The second-order valence-electron chi connectivity index (χ2n) is 5.12. The zero-order chi connectivity index (χ0) is 12.8. The van der Waals surface area contributed by atoms with E-state index >= 15 is 0 Å². The largest absolute Gasteiger partial charge is 0.377 e. The van der Waals surface area contributed by atoms with Crippen LogP contribution >= 0.6 is 0 Å². The molecule has 1 aliphatic rings. The minimum atomic E-state index is -0.185. The van der Waals surface area contributed by atoms with E-state index in [1.165, 1.54) is 18.9 Å². The van der Waals surface area contributed by atoms with Gasteiger partial charge in [0, 0.05) is 6.61 Å². The van der Waals surface area contributed by atoms with Crippen molar-refractivity contribution >= 4 is 0 Å². The average molecular weight is 251 g/mol. The number of hydrogen-bond donors (Lipinski definition) is 1. The molecular formula is C15H22FNO. The number of rotatable bonds is 5. The summed E-state index contributed by atoms with van der Waals surface area (Å²) in [5, 5.41) is 3.40. The molecule has 1 heterocycles. The molecule has 2 nitrogen and oxygen atoms in total. The minimum absolute atomic E-state index is 0.185. The monoisotopic (exact) mass is 251 g/mol. The maximum Gasteiger partial charge on any atom is 0.123 e. The van der Waals surface area contributed by atoms with E-state index in [0.29, 0.717) is 6.61 Å². The molecule has 0 bridgehead atoms. The number of benzene rings is 1. The Kier molecular flexibility index (Phi) is 5.14. The van der Waals surface area contributed by atoms with Crippen LogP contribution in [0.5, 0.6) is 0 Å². The van der Waals surface area contributed by atoms with Gasteiger partial charge >= 0.3 is 0 Å². The van der Waals surface area contributed by atoms with Crippen molar-refractivity contribution < 1.29 is 9.13 Å². The number of hydrogen-bond acceptors (Lipinski definition) is 2. The third-order valence-electron chi connectivity index (χ3n) is 3.64. The van der Waals surface area contributed by atoms with E-state index in [2.05, 4.69) is 5.32 Å². The average Bonchev–Trinajstić information content (AvgIpc) is 2.40. The summed E-state index contributed by atoms with van der Waals surface area (Å²) in [6.07, 6.45) is 3.67. The van der Waals surface area contributed by atoms with Crippen LogP contribution in [-0.2, 0) is 11.3 Å². The molecule has 0 aromatic heterocycles. The first-order valence-corrected chi connectivity index (χ1v) is 6.79. The zero-order valence-electron chi connectivity index (χ0n) is 11.0. The van der Waals surface area contributed by atoms with Crippen LogP contribution in [0.3, 0.4) is 0 Å². The third kappa shape index (κ3) is 4.07. The molecule has 1 aliphatic heterocycles. The second-order valence-corrected chi connectivity index (χ2v) is 5.12. The van der Waals surface area contributed by atoms with Gasteiger partial charge in [-0.15, -0.1) is 0 Å². The van der Waals surface area contributed by atoms with Crippen molar-refractivity contribution in [2.24, 2.45) is 5.92 Å². The maximum absolute atomic E-state index is 13.1. The summed E-state index contributed by atoms with van der Waals surface area (Å²) in [6, 6.07) is 4.86. The molecule has 1 unspecified atom stereocenters. The molecule has 0 aliphatic carbocycles. The number of ether oxygens (including phenoxy) is 1. The molecule has 1 N–H and O–H groups in total. The van der Waals surface area contributed by atoms with Crippen LogP contribution in [0.4, 0.5) is 4.39 Å². The first-order chi connectivity index (χ1) is 8.75. The van der Waals surface area contributed by atoms with E-state index in [4.69, 9.17) is 4.74 Å². The Morgan fingerprint density at radius 3 is 3.11 bits per heavy atom. The van der Waals surface area contributed by atoms with Crippen molar-refractivity contribution in [2.75, 3.05) is 19.7 Å². The van der Waals surface area contributed by atoms with E-state index in [1.807, 2.05) is 6.92 Å². The SMILES string of the molecule is Cc1ccc(F)cc1COCCC1CCCNC1. The smallest absolute Gasteiger partial charge is 0.123 e. The fraction of sp³-hybridized carbons (Fsp3) is 0.600. The van der Waals surface area contributed by atoms with Crippen molar-refractivity contribution in [3.63, 3.8) is 0 Å². The van der Waals surface area contributed by atoms with Crippen LogP contribution in [0.1, 0.15) is 30.4 Å². The molecule has 1 atom stereocenters. The van der Waals surface area contributed by atoms with Crippen LogP contribution in [0.25, 0.3) is 0 Å². The predicted octanol–water partition coefficient (Wildman–Crippen LogP) is 3.04. The van der Waals surface area contributed by atoms with Gasteiger partial charge in [-0.2, -0.15) is 0 Å². The first kappa shape index (κ1) is 13.5. The van der Waals surface area contributed by atoms with Crippen molar-refractivity contribution in [3.05, 3.63) is 35.1 Å². The second kappa shape index (κ2) is 6.86. The molecule has 18 heavy (non-hydrogen) atoms. The van der Waals surface area contributed by atoms with Crippen LogP contribution in [0.15, 0.2) is 18.2 Å². The predicted molar refractivity (Wildman–Crippen MR) is 71.0 cm³/mol. The van der Waals surface area contributed by atoms with Gasteiger partial charge in [-0.05, 0) is 68.5 Å². The normalized spacial score (nSPS) is 20.0. The van der Waals surface area contributed by atoms with Crippen molar-refractivity contribution in [3.8, 4) is 0 Å². The lowest BCUT2D eigenvalue weighted by Crippen LogP contribution is -2.30. The third-order valence-corrected chi connectivity index (χ3v) is 3.64. The highest BCUT2D eigenvalue weighted by molar-refractivity contribution is 5.25. The van der Waals surface area contributed by atoms with Crippen molar-refractivity contribution in [2.45, 2.75) is 32.8 Å². The molecule has 0 radical (unpaired) electrons.